The van der Waals surface area contributed by atoms with Gasteiger partial charge in [-0.2, -0.15) is 8.78 Å². The minimum absolute atomic E-state index is 0.0321. The number of alkyl halides is 2. The molecule has 2 amide bonds. The average Bonchev–Trinajstić information content (AvgIpc) is 2.61. The number of ether oxygens (including phenoxy) is 1. The second-order valence-electron chi connectivity index (χ2n) is 6.52. The Morgan fingerprint density at radius 3 is 2.52 bits per heavy atom. The van der Waals surface area contributed by atoms with E-state index in [0.717, 1.165) is 0 Å². The molecule has 2 N–H and O–H groups in total. The molecule has 0 unspecified atom stereocenters. The fourth-order valence-corrected chi connectivity index (χ4v) is 2.91. The Morgan fingerprint density at radius 2 is 1.85 bits per heavy atom. The molecule has 8 heteroatoms. The third-order valence-electron chi connectivity index (χ3n) is 4.28. The molecule has 0 fully saturated rings. The van der Waals surface area contributed by atoms with E-state index in [1.165, 1.54) is 29.2 Å². The van der Waals surface area contributed by atoms with Crippen molar-refractivity contribution in [3.05, 3.63) is 48.5 Å². The van der Waals surface area contributed by atoms with Gasteiger partial charge in [-0.3, -0.25) is 14.5 Å². The highest BCUT2D eigenvalue weighted by Crippen LogP contribution is 2.36. The molecule has 2 aromatic carbocycles. The van der Waals surface area contributed by atoms with Gasteiger partial charge in [-0.25, -0.2) is 0 Å². The van der Waals surface area contributed by atoms with Gasteiger partial charge in [0, 0.05) is 5.69 Å². The Kier molecular flexibility index (Phi) is 4.98. The van der Waals surface area contributed by atoms with Gasteiger partial charge >= 0.3 is 6.61 Å². The van der Waals surface area contributed by atoms with Crippen LogP contribution in [0.25, 0.3) is 0 Å². The van der Waals surface area contributed by atoms with Crippen molar-refractivity contribution in [3.63, 3.8) is 0 Å². The largest absolute Gasteiger partial charge is 0.435 e. The number of rotatable bonds is 5. The van der Waals surface area contributed by atoms with E-state index < -0.39 is 12.2 Å². The average molecular weight is 375 g/mol. The first-order valence-corrected chi connectivity index (χ1v) is 8.31. The molecule has 27 heavy (non-hydrogen) atoms. The summed E-state index contributed by atoms with van der Waals surface area (Å²) in [6.07, 6.45) is 0. The second-order valence-corrected chi connectivity index (χ2v) is 6.52. The number of nitrogens with zero attached hydrogens (tertiary/aromatic N) is 1. The molecule has 2 aromatic rings. The van der Waals surface area contributed by atoms with E-state index >= 15 is 0 Å². The molecule has 0 saturated carbocycles. The lowest BCUT2D eigenvalue weighted by Crippen LogP contribution is -2.59. The van der Waals surface area contributed by atoms with Crippen LogP contribution in [0.5, 0.6) is 5.75 Å². The maximum atomic E-state index is 12.9. The van der Waals surface area contributed by atoms with Crippen LogP contribution in [0.1, 0.15) is 13.8 Å². The molecule has 3 rings (SSSR count). The van der Waals surface area contributed by atoms with Gasteiger partial charge in [0.05, 0.1) is 17.9 Å². The molecule has 0 saturated heterocycles. The minimum Gasteiger partial charge on any atom is -0.435 e. The fraction of sp³-hybridized carbons (Fsp3) is 0.263. The summed E-state index contributed by atoms with van der Waals surface area (Å²) in [4.78, 5) is 26.7. The van der Waals surface area contributed by atoms with Crippen LogP contribution in [-0.2, 0) is 9.59 Å². The number of benzene rings is 2. The zero-order chi connectivity index (χ0) is 19.6. The summed E-state index contributed by atoms with van der Waals surface area (Å²) in [5, 5.41) is 5.74. The van der Waals surface area contributed by atoms with Crippen LogP contribution in [0.4, 0.5) is 25.8 Å². The summed E-state index contributed by atoms with van der Waals surface area (Å²) in [6, 6.07) is 12.9. The Balaban J connectivity index is 1.74. The van der Waals surface area contributed by atoms with Gasteiger partial charge in [-0.15, -0.1) is 0 Å². The number of para-hydroxylation sites is 2. The molecular formula is C19H19F2N3O3. The summed E-state index contributed by atoms with van der Waals surface area (Å²) in [5.41, 5.74) is 0.706. The van der Waals surface area contributed by atoms with Crippen LogP contribution in [0.3, 0.4) is 0 Å². The minimum atomic E-state index is -2.89. The van der Waals surface area contributed by atoms with Gasteiger partial charge in [-0.05, 0) is 50.2 Å². The number of halogens is 2. The molecule has 1 aliphatic heterocycles. The monoisotopic (exact) mass is 375 g/mol. The summed E-state index contributed by atoms with van der Waals surface area (Å²) < 4.78 is 28.7. The lowest BCUT2D eigenvalue weighted by molar-refractivity contribution is -0.125. The number of carbonyl (C=O) groups excluding carboxylic acids is 2. The van der Waals surface area contributed by atoms with Crippen LogP contribution < -0.4 is 20.3 Å². The van der Waals surface area contributed by atoms with Crippen molar-refractivity contribution >= 4 is 28.9 Å². The lowest BCUT2D eigenvalue weighted by Gasteiger charge is -2.42. The maximum absolute atomic E-state index is 12.9. The van der Waals surface area contributed by atoms with E-state index in [0.29, 0.717) is 17.1 Å². The Hall–Kier alpha value is -3.16. The highest BCUT2D eigenvalue weighted by Gasteiger charge is 2.43. The number of anilines is 3. The van der Waals surface area contributed by atoms with Crippen LogP contribution in [0.15, 0.2) is 48.5 Å². The smallest absolute Gasteiger partial charge is 0.387 e. The van der Waals surface area contributed by atoms with Gasteiger partial charge in [0.1, 0.15) is 11.3 Å². The highest BCUT2D eigenvalue weighted by atomic mass is 19.3. The van der Waals surface area contributed by atoms with Crippen LogP contribution in [0, 0.1) is 0 Å². The maximum Gasteiger partial charge on any atom is 0.387 e. The first kappa shape index (κ1) is 18.6. The van der Waals surface area contributed by atoms with Gasteiger partial charge in [0.15, 0.2) is 0 Å². The SMILES string of the molecule is CC1(C)C(=O)Nc2ccccc2N1C(=O)CNc1ccc(OC(F)F)cc1. The molecular weight excluding hydrogens is 356 g/mol. The summed E-state index contributed by atoms with van der Waals surface area (Å²) in [7, 11) is 0. The van der Waals surface area contributed by atoms with Crippen LogP contribution in [-0.4, -0.2) is 30.5 Å². The fourth-order valence-electron chi connectivity index (χ4n) is 2.91. The number of hydrogen-bond donors (Lipinski definition) is 2. The van der Waals surface area contributed by atoms with E-state index in [4.69, 9.17) is 0 Å². The van der Waals surface area contributed by atoms with Crippen molar-refractivity contribution in [2.24, 2.45) is 0 Å². The number of hydrogen-bond acceptors (Lipinski definition) is 4. The van der Waals surface area contributed by atoms with Gasteiger partial charge in [0.25, 0.3) is 0 Å². The normalized spacial score (nSPS) is 15.1. The molecule has 0 atom stereocenters. The molecule has 142 valence electrons. The molecule has 0 bridgehead atoms. The topological polar surface area (TPSA) is 70.7 Å². The summed E-state index contributed by atoms with van der Waals surface area (Å²) in [6.45, 7) is 0.386. The van der Waals surface area contributed by atoms with Crippen molar-refractivity contribution in [1.29, 1.82) is 0 Å². The number of fused-ring (bicyclic) bond motifs is 1. The standard InChI is InChI=1S/C19H19F2N3O3/c1-19(2)17(26)23-14-5-3-4-6-15(14)24(19)16(25)11-22-12-7-9-13(10-8-12)27-18(20)21/h3-10,18,22H,11H2,1-2H3,(H,23,26). The van der Waals surface area contributed by atoms with E-state index in [-0.39, 0.29) is 24.1 Å². The zero-order valence-corrected chi connectivity index (χ0v) is 14.8. The van der Waals surface area contributed by atoms with E-state index in [2.05, 4.69) is 15.4 Å². The van der Waals surface area contributed by atoms with E-state index in [9.17, 15) is 18.4 Å². The van der Waals surface area contributed by atoms with E-state index in [1.807, 2.05) is 0 Å². The van der Waals surface area contributed by atoms with Crippen molar-refractivity contribution < 1.29 is 23.1 Å². The third kappa shape index (κ3) is 3.84. The molecule has 1 heterocycles. The van der Waals surface area contributed by atoms with Gasteiger partial charge in [0.2, 0.25) is 11.8 Å². The predicted octanol–water partition coefficient (Wildman–Crippen LogP) is 3.46. The van der Waals surface area contributed by atoms with Crippen LogP contribution >= 0.6 is 0 Å². The summed E-state index contributed by atoms with van der Waals surface area (Å²) >= 11 is 0. The number of nitrogens with one attached hydrogen (secondary N) is 2. The summed E-state index contributed by atoms with van der Waals surface area (Å²) in [5.74, 6) is -0.539. The number of amides is 2. The second kappa shape index (κ2) is 7.22. The van der Waals surface area contributed by atoms with Gasteiger partial charge < -0.3 is 15.4 Å². The first-order chi connectivity index (χ1) is 12.8. The molecule has 6 nitrogen and oxygen atoms in total. The highest BCUT2D eigenvalue weighted by molar-refractivity contribution is 6.14. The van der Waals surface area contributed by atoms with Crippen molar-refractivity contribution in [2.75, 3.05) is 22.1 Å². The molecule has 0 radical (unpaired) electrons. The molecule has 0 spiro atoms. The Bertz CT molecular complexity index is 854. The van der Waals surface area contributed by atoms with Crippen LogP contribution in [0.2, 0.25) is 0 Å². The molecule has 1 aliphatic rings. The quantitative estimate of drug-likeness (QED) is 0.840. The first-order valence-electron chi connectivity index (χ1n) is 8.31. The lowest BCUT2D eigenvalue weighted by atomic mass is 9.96. The zero-order valence-electron chi connectivity index (χ0n) is 14.8. The van der Waals surface area contributed by atoms with Crippen molar-refractivity contribution in [2.45, 2.75) is 26.0 Å². The van der Waals surface area contributed by atoms with Crippen molar-refractivity contribution in [3.8, 4) is 5.75 Å². The Labute approximate surface area is 155 Å². The third-order valence-corrected chi connectivity index (χ3v) is 4.28. The number of carbonyl (C=O) groups is 2. The van der Waals surface area contributed by atoms with Gasteiger partial charge in [-0.1, -0.05) is 12.1 Å². The van der Waals surface area contributed by atoms with E-state index in [1.54, 1.807) is 38.1 Å². The molecule has 0 aromatic heterocycles. The van der Waals surface area contributed by atoms with Crippen molar-refractivity contribution in [1.82, 2.24) is 0 Å². The predicted molar refractivity (Wildman–Crippen MR) is 98.2 cm³/mol. The molecule has 0 aliphatic carbocycles. The Morgan fingerprint density at radius 1 is 1.19 bits per heavy atom.